The second-order valence-electron chi connectivity index (χ2n) is 6.05. The lowest BCUT2D eigenvalue weighted by molar-refractivity contribution is 0.384. The van der Waals surface area contributed by atoms with Crippen molar-refractivity contribution in [3.8, 4) is 0 Å². The van der Waals surface area contributed by atoms with Crippen LogP contribution >= 0.6 is 0 Å². The van der Waals surface area contributed by atoms with Gasteiger partial charge in [-0.25, -0.2) is 0 Å². The van der Waals surface area contributed by atoms with Crippen LogP contribution in [0.2, 0.25) is 0 Å². The van der Waals surface area contributed by atoms with Crippen molar-refractivity contribution in [1.82, 2.24) is 20.1 Å². The quantitative estimate of drug-likeness (QED) is 0.830. The Morgan fingerprint density at radius 3 is 2.89 bits per heavy atom. The fraction of sp³-hybridized carbons (Fsp3) is 0.867. The Hall–Kier alpha value is -0.900. The van der Waals surface area contributed by atoms with Gasteiger partial charge in [-0.05, 0) is 32.1 Å². The van der Waals surface area contributed by atoms with E-state index in [9.17, 15) is 0 Å². The molecule has 19 heavy (non-hydrogen) atoms. The number of aryl methyl sites for hydroxylation is 1. The summed E-state index contributed by atoms with van der Waals surface area (Å²) in [6.07, 6.45) is 11.3. The highest BCUT2D eigenvalue weighted by atomic mass is 15.3. The summed E-state index contributed by atoms with van der Waals surface area (Å²) in [6.45, 7) is 4.50. The molecule has 1 N–H and O–H groups in total. The van der Waals surface area contributed by atoms with Crippen LogP contribution in [0.15, 0.2) is 6.33 Å². The summed E-state index contributed by atoms with van der Waals surface area (Å²) >= 11 is 0. The smallest absolute Gasteiger partial charge is 0.149 e. The van der Waals surface area contributed by atoms with Gasteiger partial charge in [-0.3, -0.25) is 0 Å². The maximum absolute atomic E-state index is 4.20. The molecule has 3 unspecified atom stereocenters. The highest BCUT2D eigenvalue weighted by molar-refractivity contribution is 4.93. The Labute approximate surface area is 117 Å². The van der Waals surface area contributed by atoms with Crippen LogP contribution in [-0.4, -0.2) is 20.8 Å². The molecule has 0 amide bonds. The van der Waals surface area contributed by atoms with E-state index in [1.165, 1.54) is 44.9 Å². The molecule has 1 aromatic rings. The lowest BCUT2D eigenvalue weighted by Crippen LogP contribution is -2.32. The molecule has 0 spiro atoms. The maximum atomic E-state index is 4.20. The van der Waals surface area contributed by atoms with Gasteiger partial charge in [-0.15, -0.1) is 10.2 Å². The zero-order chi connectivity index (χ0) is 13.7. The van der Waals surface area contributed by atoms with Gasteiger partial charge >= 0.3 is 0 Å². The average molecular weight is 264 g/mol. The van der Waals surface area contributed by atoms with Crippen LogP contribution < -0.4 is 5.32 Å². The first-order valence-corrected chi connectivity index (χ1v) is 7.80. The van der Waals surface area contributed by atoms with Crippen LogP contribution in [0.25, 0.3) is 0 Å². The molecule has 0 bridgehead atoms. The minimum absolute atomic E-state index is 0.292. The maximum Gasteiger partial charge on any atom is 0.149 e. The molecule has 3 atom stereocenters. The molecule has 1 aliphatic rings. The monoisotopic (exact) mass is 264 g/mol. The molecule has 2 rings (SSSR count). The summed E-state index contributed by atoms with van der Waals surface area (Å²) in [7, 11) is 2.01. The summed E-state index contributed by atoms with van der Waals surface area (Å²) in [5.74, 6) is 2.00. The van der Waals surface area contributed by atoms with Gasteiger partial charge in [-0.2, -0.15) is 0 Å². The molecule has 4 heteroatoms. The number of hydrogen-bond donors (Lipinski definition) is 1. The first-order valence-electron chi connectivity index (χ1n) is 7.80. The second kappa shape index (κ2) is 7.04. The zero-order valence-electron chi connectivity index (χ0n) is 12.6. The topological polar surface area (TPSA) is 42.7 Å². The average Bonchev–Trinajstić information content (AvgIpc) is 2.69. The van der Waals surface area contributed by atoms with Crippen LogP contribution in [0, 0.1) is 5.92 Å². The third kappa shape index (κ3) is 4.03. The molecule has 1 aromatic heterocycles. The third-order valence-electron chi connectivity index (χ3n) is 4.40. The van der Waals surface area contributed by atoms with Crippen molar-refractivity contribution in [3.63, 3.8) is 0 Å². The largest absolute Gasteiger partial charge is 0.319 e. The lowest BCUT2D eigenvalue weighted by Gasteiger charge is -2.21. The fourth-order valence-corrected chi connectivity index (χ4v) is 3.35. The van der Waals surface area contributed by atoms with Crippen LogP contribution in [-0.2, 0) is 7.05 Å². The van der Waals surface area contributed by atoms with Crippen LogP contribution in [0.4, 0.5) is 0 Å². The highest BCUT2D eigenvalue weighted by Crippen LogP contribution is 2.27. The molecule has 0 saturated heterocycles. The fourth-order valence-electron chi connectivity index (χ4n) is 3.35. The standard InChI is InChI=1S/C15H28N4/c1-4-6-13-7-5-8-14(10-9-13)17-12(2)15-18-16-11-19(15)3/h11-14,17H,4-10H2,1-3H3. The van der Waals surface area contributed by atoms with Crippen LogP contribution in [0.3, 0.4) is 0 Å². The van der Waals surface area contributed by atoms with Crippen LogP contribution in [0.5, 0.6) is 0 Å². The molecule has 4 nitrogen and oxygen atoms in total. The summed E-state index contributed by atoms with van der Waals surface area (Å²) in [5, 5.41) is 11.9. The molecule has 0 aromatic carbocycles. The molecule has 1 aliphatic carbocycles. The van der Waals surface area contributed by atoms with Crippen LogP contribution in [0.1, 0.15) is 70.7 Å². The first kappa shape index (κ1) is 14.5. The normalized spacial score (nSPS) is 26.1. The van der Waals surface area contributed by atoms with Crippen molar-refractivity contribution in [2.75, 3.05) is 0 Å². The molecular formula is C15H28N4. The minimum Gasteiger partial charge on any atom is -0.319 e. The number of rotatable bonds is 5. The van der Waals surface area contributed by atoms with Gasteiger partial charge in [0.1, 0.15) is 12.2 Å². The molecule has 0 aliphatic heterocycles. The van der Waals surface area contributed by atoms with E-state index in [1.807, 2.05) is 11.6 Å². The minimum atomic E-state index is 0.292. The molecule has 1 saturated carbocycles. The number of aromatic nitrogens is 3. The predicted molar refractivity (Wildman–Crippen MR) is 77.8 cm³/mol. The summed E-state index contributed by atoms with van der Waals surface area (Å²) in [4.78, 5) is 0. The Bertz CT molecular complexity index is 374. The van der Waals surface area contributed by atoms with Gasteiger partial charge in [0.2, 0.25) is 0 Å². The van der Waals surface area contributed by atoms with E-state index in [4.69, 9.17) is 0 Å². The molecule has 1 heterocycles. The zero-order valence-corrected chi connectivity index (χ0v) is 12.6. The van der Waals surface area contributed by atoms with Crippen molar-refractivity contribution in [2.24, 2.45) is 13.0 Å². The van der Waals surface area contributed by atoms with Crippen molar-refractivity contribution in [2.45, 2.75) is 70.9 Å². The van der Waals surface area contributed by atoms with Gasteiger partial charge < -0.3 is 9.88 Å². The van der Waals surface area contributed by atoms with E-state index in [1.54, 1.807) is 6.33 Å². The number of nitrogens with zero attached hydrogens (tertiary/aromatic N) is 3. The molecule has 0 radical (unpaired) electrons. The van der Waals surface area contributed by atoms with E-state index < -0.39 is 0 Å². The van der Waals surface area contributed by atoms with E-state index in [2.05, 4.69) is 29.4 Å². The second-order valence-corrected chi connectivity index (χ2v) is 6.05. The first-order chi connectivity index (χ1) is 9.20. The molecule has 108 valence electrons. The Kier molecular flexibility index (Phi) is 5.37. The van der Waals surface area contributed by atoms with Gasteiger partial charge in [0.05, 0.1) is 6.04 Å². The van der Waals surface area contributed by atoms with Crippen molar-refractivity contribution < 1.29 is 0 Å². The van der Waals surface area contributed by atoms with Crippen molar-refractivity contribution in [3.05, 3.63) is 12.2 Å². The van der Waals surface area contributed by atoms with Gasteiger partial charge in [-0.1, -0.05) is 32.6 Å². The van der Waals surface area contributed by atoms with Gasteiger partial charge in [0.25, 0.3) is 0 Å². The van der Waals surface area contributed by atoms with Crippen molar-refractivity contribution >= 4 is 0 Å². The summed E-state index contributed by atoms with van der Waals surface area (Å²) < 4.78 is 2.01. The third-order valence-corrected chi connectivity index (χ3v) is 4.40. The van der Waals surface area contributed by atoms with E-state index in [0.29, 0.717) is 12.1 Å². The number of hydrogen-bond acceptors (Lipinski definition) is 3. The Morgan fingerprint density at radius 1 is 1.37 bits per heavy atom. The lowest BCUT2D eigenvalue weighted by atomic mass is 9.95. The van der Waals surface area contributed by atoms with E-state index >= 15 is 0 Å². The SMILES string of the molecule is CCCC1CCCC(NC(C)c2nncn2C)CC1. The summed E-state index contributed by atoms with van der Waals surface area (Å²) in [5.41, 5.74) is 0. The Morgan fingerprint density at radius 2 is 2.21 bits per heavy atom. The van der Waals surface area contributed by atoms with E-state index in [0.717, 1.165) is 11.7 Å². The predicted octanol–water partition coefficient (Wildman–Crippen LogP) is 3.21. The molecule has 1 fully saturated rings. The Balaban J connectivity index is 1.84. The summed E-state index contributed by atoms with van der Waals surface area (Å²) in [6, 6.07) is 0.939. The highest BCUT2D eigenvalue weighted by Gasteiger charge is 2.21. The van der Waals surface area contributed by atoms with E-state index in [-0.39, 0.29) is 0 Å². The number of nitrogens with one attached hydrogen (secondary N) is 1. The van der Waals surface area contributed by atoms with Gasteiger partial charge in [0.15, 0.2) is 0 Å². The molecular weight excluding hydrogens is 236 g/mol. The van der Waals surface area contributed by atoms with Crippen molar-refractivity contribution in [1.29, 1.82) is 0 Å². The van der Waals surface area contributed by atoms with Gasteiger partial charge in [0, 0.05) is 13.1 Å².